The third-order valence-electron chi connectivity index (χ3n) is 11.5. The molecule has 0 saturated carbocycles. The van der Waals surface area contributed by atoms with Crippen LogP contribution in [0, 0.1) is 0 Å². The van der Waals surface area contributed by atoms with Gasteiger partial charge in [0.25, 0.3) is 0 Å². The van der Waals surface area contributed by atoms with E-state index in [4.69, 9.17) is 0 Å². The monoisotopic (exact) mass is 692 g/mol. The molecule has 9 aromatic carbocycles. The van der Waals surface area contributed by atoms with E-state index in [2.05, 4.69) is 206 Å². The van der Waals surface area contributed by atoms with Gasteiger partial charge in [0.05, 0.1) is 0 Å². The van der Waals surface area contributed by atoms with Gasteiger partial charge in [-0.2, -0.15) is 0 Å². The fraction of sp³-hybridized carbons (Fsp3) is 0.0769. The Kier molecular flexibility index (Phi) is 7.77. The van der Waals surface area contributed by atoms with E-state index in [1.807, 2.05) is 0 Å². The summed E-state index contributed by atoms with van der Waals surface area (Å²) in [5.41, 5.74) is 10.7. The SMILES string of the molecule is CN(c1ccc2ccccc2c1)c1ccc2c(ccc3ccccc32)c1.CN(c1ccc2ccccc2c1)c1ccc2ccc3c4c2c1CC=C4CC=C3. The number of benzene rings is 9. The van der Waals surface area contributed by atoms with Crippen molar-refractivity contribution in [3.63, 3.8) is 0 Å². The molecule has 0 atom stereocenters. The second-order valence-electron chi connectivity index (χ2n) is 14.6. The Labute approximate surface area is 316 Å². The van der Waals surface area contributed by atoms with Crippen LogP contribution in [0.25, 0.3) is 65.5 Å². The first-order chi connectivity index (χ1) is 26.6. The summed E-state index contributed by atoms with van der Waals surface area (Å²) in [7, 11) is 4.32. The predicted octanol–water partition coefficient (Wildman–Crippen LogP) is 14.0. The van der Waals surface area contributed by atoms with Crippen LogP contribution in [0.5, 0.6) is 0 Å². The lowest BCUT2D eigenvalue weighted by atomic mass is 9.81. The minimum Gasteiger partial charge on any atom is -0.345 e. The number of allylic oxidation sites excluding steroid dienone is 3. The van der Waals surface area contributed by atoms with Crippen molar-refractivity contribution in [2.75, 3.05) is 23.9 Å². The molecule has 2 nitrogen and oxygen atoms in total. The summed E-state index contributed by atoms with van der Waals surface area (Å²) in [5, 5.41) is 13.1. The minimum atomic E-state index is 1.00. The summed E-state index contributed by atoms with van der Waals surface area (Å²) in [4.78, 5) is 4.60. The van der Waals surface area contributed by atoms with Crippen LogP contribution >= 0.6 is 0 Å². The van der Waals surface area contributed by atoms with Crippen LogP contribution in [0.3, 0.4) is 0 Å². The molecule has 0 spiro atoms. The molecule has 0 aromatic heterocycles. The van der Waals surface area contributed by atoms with Gasteiger partial charge in [-0.15, -0.1) is 0 Å². The van der Waals surface area contributed by atoms with Crippen molar-refractivity contribution in [3.05, 3.63) is 193 Å². The molecule has 9 aromatic rings. The maximum Gasteiger partial charge on any atom is 0.0450 e. The molecule has 0 aliphatic heterocycles. The molecule has 54 heavy (non-hydrogen) atoms. The summed E-state index contributed by atoms with van der Waals surface area (Å²) in [6.07, 6.45) is 9.05. The standard InChI is InChI=1S/C27H21N.C25H19N/c1-28(23-14-11-18-5-2-3-6-22(18)17-23)25-16-13-21-10-9-19-7-4-8-20-12-15-24(25)27(21)26(19)20;1-26(22-13-12-18-6-2-3-8-20(18)16-22)23-14-15-25-21(17-23)11-10-19-7-4-5-9-24(19)25/h2-7,9-14,16-17H,8,15H2,1H3;2-17H,1H3. The van der Waals surface area contributed by atoms with E-state index in [1.165, 1.54) is 98.9 Å². The Bertz CT molecular complexity index is 2980. The largest absolute Gasteiger partial charge is 0.345 e. The van der Waals surface area contributed by atoms with Crippen molar-refractivity contribution in [2.24, 2.45) is 0 Å². The van der Waals surface area contributed by atoms with E-state index < -0.39 is 0 Å². The van der Waals surface area contributed by atoms with Crippen LogP contribution < -0.4 is 9.80 Å². The van der Waals surface area contributed by atoms with E-state index >= 15 is 0 Å². The summed E-state index contributed by atoms with van der Waals surface area (Å²) in [5.74, 6) is 0. The van der Waals surface area contributed by atoms with Crippen LogP contribution in [0.1, 0.15) is 23.1 Å². The highest BCUT2D eigenvalue weighted by atomic mass is 15.1. The number of rotatable bonds is 4. The Morgan fingerprint density at radius 1 is 0.426 bits per heavy atom. The number of nitrogens with zero attached hydrogens (tertiary/aromatic N) is 2. The molecule has 0 N–H and O–H groups in total. The summed E-state index contributed by atoms with van der Waals surface area (Å²) in [6, 6.07) is 59.3. The van der Waals surface area contributed by atoms with Gasteiger partial charge < -0.3 is 9.80 Å². The van der Waals surface area contributed by atoms with Gasteiger partial charge in [-0.05, 0) is 131 Å². The first-order valence-electron chi connectivity index (χ1n) is 18.9. The smallest absolute Gasteiger partial charge is 0.0450 e. The van der Waals surface area contributed by atoms with Gasteiger partial charge in [-0.1, -0.05) is 140 Å². The number of hydrogen-bond donors (Lipinski definition) is 0. The maximum absolute atomic E-state index is 2.43. The average molecular weight is 693 g/mol. The summed E-state index contributed by atoms with van der Waals surface area (Å²) >= 11 is 0. The van der Waals surface area contributed by atoms with E-state index in [0.29, 0.717) is 0 Å². The molecule has 11 rings (SSSR count). The van der Waals surface area contributed by atoms with E-state index in [1.54, 1.807) is 0 Å². The molecule has 0 heterocycles. The molecule has 2 aliphatic carbocycles. The Morgan fingerprint density at radius 3 is 1.70 bits per heavy atom. The van der Waals surface area contributed by atoms with Crippen LogP contribution in [0.2, 0.25) is 0 Å². The quantitative estimate of drug-likeness (QED) is 0.169. The number of anilines is 4. The highest BCUT2D eigenvalue weighted by molar-refractivity contribution is 6.08. The normalized spacial score (nSPS) is 12.9. The summed E-state index contributed by atoms with van der Waals surface area (Å²) in [6.45, 7) is 0. The fourth-order valence-electron chi connectivity index (χ4n) is 8.60. The second-order valence-corrected chi connectivity index (χ2v) is 14.6. The Hall–Kier alpha value is -6.64. The average Bonchev–Trinajstić information content (AvgIpc) is 3.24. The molecule has 0 amide bonds. The summed E-state index contributed by atoms with van der Waals surface area (Å²) < 4.78 is 0. The Morgan fingerprint density at radius 2 is 0.963 bits per heavy atom. The predicted molar refractivity (Wildman–Crippen MR) is 235 cm³/mol. The molecule has 2 aliphatic rings. The van der Waals surface area contributed by atoms with E-state index in [9.17, 15) is 0 Å². The van der Waals surface area contributed by atoms with Crippen molar-refractivity contribution in [2.45, 2.75) is 12.8 Å². The van der Waals surface area contributed by atoms with Crippen LogP contribution in [-0.4, -0.2) is 14.1 Å². The van der Waals surface area contributed by atoms with Gasteiger partial charge in [-0.25, -0.2) is 0 Å². The van der Waals surface area contributed by atoms with E-state index in [0.717, 1.165) is 12.8 Å². The first kappa shape index (κ1) is 32.0. The molecule has 2 heteroatoms. The van der Waals surface area contributed by atoms with Gasteiger partial charge in [0.2, 0.25) is 0 Å². The number of fused-ring (bicyclic) bond motifs is 5. The van der Waals surface area contributed by atoms with Crippen LogP contribution in [-0.2, 0) is 6.42 Å². The zero-order valence-corrected chi connectivity index (χ0v) is 30.6. The lowest BCUT2D eigenvalue weighted by Gasteiger charge is -2.29. The molecular weight excluding hydrogens is 653 g/mol. The van der Waals surface area contributed by atoms with Crippen molar-refractivity contribution < 1.29 is 0 Å². The molecule has 258 valence electrons. The molecule has 0 fully saturated rings. The zero-order chi connectivity index (χ0) is 36.2. The molecule has 0 unspecified atom stereocenters. The lowest BCUT2D eigenvalue weighted by molar-refractivity contribution is 1.15. The highest BCUT2D eigenvalue weighted by Gasteiger charge is 2.23. The minimum absolute atomic E-state index is 1.00. The van der Waals surface area contributed by atoms with Crippen LogP contribution in [0.15, 0.2) is 176 Å². The second kappa shape index (κ2) is 13.1. The van der Waals surface area contributed by atoms with Crippen LogP contribution in [0.4, 0.5) is 22.7 Å². The van der Waals surface area contributed by atoms with Gasteiger partial charge in [0, 0.05) is 36.8 Å². The van der Waals surface area contributed by atoms with Crippen molar-refractivity contribution in [1.82, 2.24) is 0 Å². The van der Waals surface area contributed by atoms with Crippen molar-refractivity contribution in [3.8, 4) is 0 Å². The fourth-order valence-corrected chi connectivity index (χ4v) is 8.60. The Balaban J connectivity index is 0.000000134. The first-order valence-corrected chi connectivity index (χ1v) is 18.9. The number of hydrogen-bond acceptors (Lipinski definition) is 2. The highest BCUT2D eigenvalue weighted by Crippen LogP contribution is 2.44. The molecule has 0 radical (unpaired) electrons. The molecule has 0 bridgehead atoms. The topological polar surface area (TPSA) is 6.48 Å². The van der Waals surface area contributed by atoms with Gasteiger partial charge in [0.1, 0.15) is 0 Å². The van der Waals surface area contributed by atoms with E-state index in [-0.39, 0.29) is 0 Å². The molecule has 0 saturated heterocycles. The third kappa shape index (κ3) is 5.50. The van der Waals surface area contributed by atoms with Gasteiger partial charge >= 0.3 is 0 Å². The van der Waals surface area contributed by atoms with Gasteiger partial charge in [0.15, 0.2) is 0 Å². The third-order valence-corrected chi connectivity index (χ3v) is 11.5. The van der Waals surface area contributed by atoms with Gasteiger partial charge in [-0.3, -0.25) is 0 Å². The van der Waals surface area contributed by atoms with Crippen molar-refractivity contribution in [1.29, 1.82) is 0 Å². The zero-order valence-electron chi connectivity index (χ0n) is 30.6. The maximum atomic E-state index is 2.43. The lowest BCUT2D eigenvalue weighted by Crippen LogP contribution is -2.14. The molecular formula is C52H40N2. The van der Waals surface area contributed by atoms with Crippen molar-refractivity contribution >= 4 is 88.3 Å².